The lowest BCUT2D eigenvalue weighted by atomic mass is 10.2. The van der Waals surface area contributed by atoms with Crippen LogP contribution in [-0.4, -0.2) is 12.0 Å². The zero-order chi connectivity index (χ0) is 10.8. The van der Waals surface area contributed by atoms with Gasteiger partial charge in [-0.05, 0) is 27.4 Å². The van der Waals surface area contributed by atoms with Gasteiger partial charge in [0.1, 0.15) is 12.2 Å². The molecule has 0 N–H and O–H groups in total. The Hall–Kier alpha value is -0.360. The van der Waals surface area contributed by atoms with Crippen LogP contribution in [0.1, 0.15) is 11.3 Å². The molecule has 14 heavy (non-hydrogen) atoms. The third kappa shape index (κ3) is 3.79. The summed E-state index contributed by atoms with van der Waals surface area (Å²) >= 11 is 4.42. The van der Waals surface area contributed by atoms with Crippen molar-refractivity contribution in [3.8, 4) is 0 Å². The zero-order valence-electron chi connectivity index (χ0n) is 6.90. The van der Waals surface area contributed by atoms with E-state index in [4.69, 9.17) is 0 Å². The number of hydrogen-bond acceptors (Lipinski definition) is 2. The molecule has 0 unspecified atom stereocenters. The number of carbonyl (C=O) groups excluding carboxylic acids is 1. The van der Waals surface area contributed by atoms with Gasteiger partial charge in [-0.15, -0.1) is 11.3 Å². The first kappa shape index (κ1) is 11.7. The minimum atomic E-state index is -4.40. The molecule has 0 aliphatic carbocycles. The van der Waals surface area contributed by atoms with E-state index >= 15 is 0 Å². The van der Waals surface area contributed by atoms with E-state index in [-0.39, 0.29) is 6.42 Å². The number of Topliss-reactive ketones (excluding diaryl/α,β-unsaturated/α-hetero) is 1. The smallest absolute Gasteiger partial charge is 0.299 e. The van der Waals surface area contributed by atoms with E-state index in [1.807, 2.05) is 0 Å². The molecular formula is C8H6BrF3OS. The first-order valence-corrected chi connectivity index (χ1v) is 5.36. The van der Waals surface area contributed by atoms with Crippen molar-refractivity contribution in [3.05, 3.63) is 20.8 Å². The molecule has 0 spiro atoms. The third-order valence-corrected chi connectivity index (χ3v) is 3.37. The van der Waals surface area contributed by atoms with Gasteiger partial charge >= 0.3 is 6.18 Å². The van der Waals surface area contributed by atoms with Gasteiger partial charge in [0, 0.05) is 15.8 Å². The summed E-state index contributed by atoms with van der Waals surface area (Å²) in [5.74, 6) is -0.805. The second kappa shape index (κ2) is 4.44. The largest absolute Gasteiger partial charge is 0.395 e. The van der Waals surface area contributed by atoms with Crippen LogP contribution in [0.25, 0.3) is 0 Å². The second-order valence-corrected chi connectivity index (χ2v) is 4.55. The standard InChI is InChI=1S/C8H6BrF3OS/c9-6-1-2-14-7(6)3-5(13)4-8(10,11)12/h1-2H,3-4H2. The second-order valence-electron chi connectivity index (χ2n) is 2.70. The molecule has 0 aromatic carbocycles. The number of ketones is 1. The molecule has 0 aliphatic rings. The Morgan fingerprint density at radius 3 is 2.57 bits per heavy atom. The van der Waals surface area contributed by atoms with E-state index < -0.39 is 18.4 Å². The first-order valence-electron chi connectivity index (χ1n) is 3.69. The summed E-state index contributed by atoms with van der Waals surface area (Å²) < 4.78 is 36.1. The maximum Gasteiger partial charge on any atom is 0.395 e. The van der Waals surface area contributed by atoms with Crippen LogP contribution in [0.2, 0.25) is 0 Å². The van der Waals surface area contributed by atoms with Crippen LogP contribution in [0.5, 0.6) is 0 Å². The van der Waals surface area contributed by atoms with E-state index in [9.17, 15) is 18.0 Å². The fourth-order valence-electron chi connectivity index (χ4n) is 0.916. The van der Waals surface area contributed by atoms with Crippen LogP contribution in [0.3, 0.4) is 0 Å². The quantitative estimate of drug-likeness (QED) is 0.830. The lowest BCUT2D eigenvalue weighted by Gasteiger charge is -2.04. The van der Waals surface area contributed by atoms with Crippen molar-refractivity contribution in [2.24, 2.45) is 0 Å². The van der Waals surface area contributed by atoms with Gasteiger partial charge in [0.05, 0.1) is 0 Å². The average molecular weight is 287 g/mol. The predicted octanol–water partition coefficient (Wildman–Crippen LogP) is 3.57. The SMILES string of the molecule is O=C(Cc1sccc1Br)CC(F)(F)F. The maximum atomic E-state index is 11.8. The van der Waals surface area contributed by atoms with E-state index in [0.29, 0.717) is 9.35 Å². The predicted molar refractivity (Wildman–Crippen MR) is 51.4 cm³/mol. The summed E-state index contributed by atoms with van der Waals surface area (Å²) in [6.07, 6.45) is -5.91. The van der Waals surface area contributed by atoms with Crippen LogP contribution in [0.4, 0.5) is 13.2 Å². The molecule has 0 aliphatic heterocycles. The van der Waals surface area contributed by atoms with Crippen molar-refractivity contribution in [2.75, 3.05) is 0 Å². The fourth-order valence-corrected chi connectivity index (χ4v) is 2.44. The van der Waals surface area contributed by atoms with Gasteiger partial charge in [-0.3, -0.25) is 4.79 Å². The highest BCUT2D eigenvalue weighted by atomic mass is 79.9. The number of hydrogen-bond donors (Lipinski definition) is 0. The van der Waals surface area contributed by atoms with Gasteiger partial charge in [-0.2, -0.15) is 13.2 Å². The molecule has 78 valence electrons. The van der Waals surface area contributed by atoms with Gasteiger partial charge in [0.15, 0.2) is 0 Å². The van der Waals surface area contributed by atoms with Crippen LogP contribution < -0.4 is 0 Å². The highest BCUT2D eigenvalue weighted by Gasteiger charge is 2.31. The summed E-state index contributed by atoms with van der Waals surface area (Å²) in [6, 6.07) is 1.71. The van der Waals surface area contributed by atoms with Crippen molar-refractivity contribution in [1.82, 2.24) is 0 Å². The molecule has 1 aromatic rings. The topological polar surface area (TPSA) is 17.1 Å². The maximum absolute atomic E-state index is 11.8. The van der Waals surface area contributed by atoms with Gasteiger partial charge in [0.25, 0.3) is 0 Å². The molecule has 0 fully saturated rings. The summed E-state index contributed by atoms with van der Waals surface area (Å²) in [5, 5.41) is 1.72. The number of halogens is 4. The fraction of sp³-hybridized carbons (Fsp3) is 0.375. The lowest BCUT2D eigenvalue weighted by Crippen LogP contribution is -2.16. The molecule has 1 rings (SSSR count). The van der Waals surface area contributed by atoms with Crippen LogP contribution in [0, 0.1) is 0 Å². The van der Waals surface area contributed by atoms with Crippen molar-refractivity contribution >= 4 is 33.0 Å². The highest BCUT2D eigenvalue weighted by molar-refractivity contribution is 9.10. The molecule has 1 aromatic heterocycles. The van der Waals surface area contributed by atoms with Gasteiger partial charge < -0.3 is 0 Å². The minimum Gasteiger partial charge on any atom is -0.299 e. The number of carbonyl (C=O) groups is 1. The van der Waals surface area contributed by atoms with Gasteiger partial charge in [-0.25, -0.2) is 0 Å². The number of alkyl halides is 3. The highest BCUT2D eigenvalue weighted by Crippen LogP contribution is 2.26. The number of thiophene rings is 1. The molecule has 1 heterocycles. The van der Waals surface area contributed by atoms with Crippen LogP contribution in [0.15, 0.2) is 15.9 Å². The molecule has 6 heteroatoms. The van der Waals surface area contributed by atoms with Crippen molar-refractivity contribution in [1.29, 1.82) is 0 Å². The summed E-state index contributed by atoms with van der Waals surface area (Å²) in [7, 11) is 0. The minimum absolute atomic E-state index is 0.155. The van der Waals surface area contributed by atoms with E-state index in [2.05, 4.69) is 15.9 Å². The van der Waals surface area contributed by atoms with Crippen molar-refractivity contribution in [3.63, 3.8) is 0 Å². The van der Waals surface area contributed by atoms with E-state index in [1.165, 1.54) is 11.3 Å². The number of rotatable bonds is 3. The normalized spacial score (nSPS) is 11.7. The summed E-state index contributed by atoms with van der Waals surface area (Å²) in [4.78, 5) is 11.6. The third-order valence-electron chi connectivity index (χ3n) is 1.45. The van der Waals surface area contributed by atoms with Gasteiger partial charge in [-0.1, -0.05) is 0 Å². The Kier molecular flexibility index (Phi) is 3.71. The first-order chi connectivity index (χ1) is 6.38. The molecule has 0 saturated carbocycles. The molecule has 0 radical (unpaired) electrons. The molecule has 0 atom stereocenters. The monoisotopic (exact) mass is 286 g/mol. The van der Waals surface area contributed by atoms with Crippen LogP contribution >= 0.6 is 27.3 Å². The Bertz CT molecular complexity index is 332. The van der Waals surface area contributed by atoms with Crippen LogP contribution in [-0.2, 0) is 11.2 Å². The Morgan fingerprint density at radius 2 is 2.14 bits per heavy atom. The van der Waals surface area contributed by atoms with Crippen molar-refractivity contribution < 1.29 is 18.0 Å². The molecule has 1 nitrogen and oxygen atoms in total. The molecule has 0 bridgehead atoms. The molecular weight excluding hydrogens is 281 g/mol. The molecule has 0 amide bonds. The van der Waals surface area contributed by atoms with E-state index in [1.54, 1.807) is 11.4 Å². The summed E-state index contributed by atoms with van der Waals surface area (Å²) in [6.45, 7) is 0. The molecule has 0 saturated heterocycles. The van der Waals surface area contributed by atoms with E-state index in [0.717, 1.165) is 0 Å². The van der Waals surface area contributed by atoms with Gasteiger partial charge in [0.2, 0.25) is 0 Å². The Morgan fingerprint density at radius 1 is 1.50 bits per heavy atom. The summed E-state index contributed by atoms with van der Waals surface area (Å²) in [5.41, 5.74) is 0. The van der Waals surface area contributed by atoms with Crippen molar-refractivity contribution in [2.45, 2.75) is 19.0 Å². The Balaban J connectivity index is 2.54. The Labute approximate surface area is 91.1 Å². The zero-order valence-corrected chi connectivity index (χ0v) is 9.30. The average Bonchev–Trinajstić information content (AvgIpc) is 2.32. The lowest BCUT2D eigenvalue weighted by molar-refractivity contribution is -0.151.